The Morgan fingerprint density at radius 3 is 2.42 bits per heavy atom. The summed E-state index contributed by atoms with van der Waals surface area (Å²) in [6.07, 6.45) is 2.23. The van der Waals surface area contributed by atoms with Crippen LogP contribution in [0.1, 0.15) is 64.4 Å². The maximum Gasteiger partial charge on any atom is 0.294 e. The summed E-state index contributed by atoms with van der Waals surface area (Å²) in [4.78, 5) is 50.7. The third kappa shape index (κ3) is 4.81. The maximum atomic E-state index is 13.6. The number of hydrogen-bond acceptors (Lipinski definition) is 4. The van der Waals surface area contributed by atoms with Gasteiger partial charge in [-0.3, -0.25) is 19.2 Å². The van der Waals surface area contributed by atoms with Gasteiger partial charge in [0.2, 0.25) is 5.91 Å². The molecule has 3 amide bonds. The van der Waals surface area contributed by atoms with Gasteiger partial charge in [0.25, 0.3) is 17.6 Å². The highest BCUT2D eigenvalue weighted by atomic mass is 19.1. The van der Waals surface area contributed by atoms with E-state index in [9.17, 15) is 23.6 Å². The number of anilines is 1. The van der Waals surface area contributed by atoms with Crippen LogP contribution in [0.2, 0.25) is 0 Å². The fourth-order valence-corrected chi connectivity index (χ4v) is 4.27. The number of aryl methyl sites for hydroxylation is 1. The molecular weight excluding hydrogens is 427 g/mol. The molecule has 0 bridgehead atoms. The van der Waals surface area contributed by atoms with Crippen LogP contribution in [0.25, 0.3) is 0 Å². The van der Waals surface area contributed by atoms with Crippen molar-refractivity contribution in [2.45, 2.75) is 59.5 Å². The van der Waals surface area contributed by atoms with Gasteiger partial charge in [-0.25, -0.2) is 4.39 Å². The monoisotopic (exact) mass is 456 g/mol. The van der Waals surface area contributed by atoms with Gasteiger partial charge < -0.3 is 20.9 Å². The quantitative estimate of drug-likeness (QED) is 0.438. The number of nitrogens with two attached hydrogens (primary N) is 1. The Labute approximate surface area is 191 Å². The first kappa shape index (κ1) is 24.2. The molecule has 176 valence electrons. The molecule has 0 fully saturated rings. The Bertz CT molecular complexity index is 1140. The van der Waals surface area contributed by atoms with Crippen LogP contribution in [-0.4, -0.2) is 34.1 Å². The zero-order valence-corrected chi connectivity index (χ0v) is 19.3. The lowest BCUT2D eigenvalue weighted by Gasteiger charge is -2.20. The average molecular weight is 457 g/mol. The lowest BCUT2D eigenvalue weighted by molar-refractivity contribution is -0.126. The van der Waals surface area contributed by atoms with Crippen molar-refractivity contribution >= 4 is 29.2 Å². The number of carbonyl (C=O) groups is 4. The molecule has 1 atom stereocenters. The Morgan fingerprint density at radius 1 is 1.12 bits per heavy atom. The van der Waals surface area contributed by atoms with Crippen molar-refractivity contribution < 1.29 is 23.6 Å². The van der Waals surface area contributed by atoms with Crippen LogP contribution < -0.4 is 16.4 Å². The SMILES string of the molecule is Cc1cc(NC(=O)c2c(C)c(C(=O)C(=O)N[C@H](C(N)=O)C(C)C)n3c2CCCC3)ccc1F. The van der Waals surface area contributed by atoms with Crippen molar-refractivity contribution in [1.82, 2.24) is 9.88 Å². The van der Waals surface area contributed by atoms with E-state index in [1.54, 1.807) is 32.3 Å². The molecule has 0 unspecified atom stereocenters. The summed E-state index contributed by atoms with van der Waals surface area (Å²) in [5, 5.41) is 5.19. The fraction of sp³-hybridized carbons (Fsp3) is 0.417. The predicted molar refractivity (Wildman–Crippen MR) is 121 cm³/mol. The molecule has 0 radical (unpaired) electrons. The first-order valence-corrected chi connectivity index (χ1v) is 11.0. The van der Waals surface area contributed by atoms with E-state index in [4.69, 9.17) is 5.73 Å². The van der Waals surface area contributed by atoms with E-state index in [0.717, 1.165) is 12.8 Å². The van der Waals surface area contributed by atoms with Crippen LogP contribution in [-0.2, 0) is 22.6 Å². The van der Waals surface area contributed by atoms with E-state index in [2.05, 4.69) is 10.6 Å². The Balaban J connectivity index is 1.96. The molecule has 1 aliphatic heterocycles. The lowest BCUT2D eigenvalue weighted by atomic mass is 10.0. The normalized spacial score (nSPS) is 13.9. The highest BCUT2D eigenvalue weighted by Crippen LogP contribution is 2.29. The molecular formula is C24H29FN4O4. The molecule has 0 saturated heterocycles. The smallest absolute Gasteiger partial charge is 0.294 e. The number of benzene rings is 1. The van der Waals surface area contributed by atoms with Gasteiger partial charge in [-0.1, -0.05) is 13.8 Å². The van der Waals surface area contributed by atoms with Crippen molar-refractivity contribution in [1.29, 1.82) is 0 Å². The number of aromatic nitrogens is 1. The van der Waals surface area contributed by atoms with Crippen LogP contribution >= 0.6 is 0 Å². The molecule has 8 nitrogen and oxygen atoms in total. The molecule has 33 heavy (non-hydrogen) atoms. The van der Waals surface area contributed by atoms with Gasteiger partial charge in [-0.2, -0.15) is 0 Å². The zero-order valence-electron chi connectivity index (χ0n) is 19.3. The van der Waals surface area contributed by atoms with Gasteiger partial charge >= 0.3 is 0 Å². The van der Waals surface area contributed by atoms with E-state index in [-0.39, 0.29) is 17.4 Å². The largest absolute Gasteiger partial charge is 0.368 e. The van der Waals surface area contributed by atoms with Gasteiger partial charge in [0.15, 0.2) is 0 Å². The summed E-state index contributed by atoms with van der Waals surface area (Å²) in [6, 6.07) is 3.28. The molecule has 4 N–H and O–H groups in total. The summed E-state index contributed by atoms with van der Waals surface area (Å²) < 4.78 is 15.3. The summed E-state index contributed by atoms with van der Waals surface area (Å²) in [6.45, 7) is 7.15. The number of ketones is 1. The van der Waals surface area contributed by atoms with Crippen LogP contribution in [0.15, 0.2) is 18.2 Å². The van der Waals surface area contributed by atoms with E-state index in [1.165, 1.54) is 18.2 Å². The molecule has 9 heteroatoms. The summed E-state index contributed by atoms with van der Waals surface area (Å²) >= 11 is 0. The minimum atomic E-state index is -0.984. The zero-order chi connectivity index (χ0) is 24.4. The van der Waals surface area contributed by atoms with E-state index in [1.807, 2.05) is 0 Å². The van der Waals surface area contributed by atoms with Crippen LogP contribution in [0, 0.1) is 25.6 Å². The fourth-order valence-electron chi connectivity index (χ4n) is 4.27. The number of nitrogens with zero attached hydrogens (tertiary/aromatic N) is 1. The molecule has 2 heterocycles. The summed E-state index contributed by atoms with van der Waals surface area (Å²) in [7, 11) is 0. The Kier molecular flexibility index (Phi) is 7.00. The van der Waals surface area contributed by atoms with E-state index >= 15 is 0 Å². The van der Waals surface area contributed by atoms with Crippen LogP contribution in [0.5, 0.6) is 0 Å². The second-order valence-corrected chi connectivity index (χ2v) is 8.75. The van der Waals surface area contributed by atoms with Crippen molar-refractivity contribution in [2.24, 2.45) is 11.7 Å². The number of carbonyl (C=O) groups excluding carboxylic acids is 4. The summed E-state index contributed by atoms with van der Waals surface area (Å²) in [5.74, 6) is -3.58. The van der Waals surface area contributed by atoms with Crippen LogP contribution in [0.3, 0.4) is 0 Å². The number of rotatable bonds is 7. The van der Waals surface area contributed by atoms with Crippen molar-refractivity contribution in [3.8, 4) is 0 Å². The average Bonchev–Trinajstić information content (AvgIpc) is 3.05. The lowest BCUT2D eigenvalue weighted by Crippen LogP contribution is -2.50. The van der Waals surface area contributed by atoms with E-state index in [0.29, 0.717) is 41.0 Å². The van der Waals surface area contributed by atoms with E-state index < -0.39 is 29.5 Å². The second-order valence-electron chi connectivity index (χ2n) is 8.75. The topological polar surface area (TPSA) is 123 Å². The molecule has 0 aliphatic carbocycles. The Morgan fingerprint density at radius 2 is 1.82 bits per heavy atom. The van der Waals surface area contributed by atoms with Gasteiger partial charge in [0, 0.05) is 17.9 Å². The van der Waals surface area contributed by atoms with Gasteiger partial charge in [-0.15, -0.1) is 0 Å². The third-order valence-electron chi connectivity index (χ3n) is 5.98. The molecule has 1 aliphatic rings. The van der Waals surface area contributed by atoms with Crippen LogP contribution in [0.4, 0.5) is 10.1 Å². The number of Topliss-reactive ketones (excluding diaryl/α,β-unsaturated/α-hetero) is 1. The molecule has 1 aromatic heterocycles. The minimum Gasteiger partial charge on any atom is -0.368 e. The van der Waals surface area contributed by atoms with Crippen molar-refractivity contribution in [2.75, 3.05) is 5.32 Å². The number of hydrogen-bond donors (Lipinski definition) is 3. The number of primary amides is 1. The van der Waals surface area contributed by atoms with Crippen molar-refractivity contribution in [3.05, 3.63) is 52.1 Å². The highest BCUT2D eigenvalue weighted by molar-refractivity contribution is 6.43. The minimum absolute atomic E-state index is 0.134. The molecule has 0 saturated carbocycles. The number of halogens is 1. The number of fused-ring (bicyclic) bond motifs is 1. The third-order valence-corrected chi connectivity index (χ3v) is 5.98. The second kappa shape index (κ2) is 9.56. The first-order chi connectivity index (χ1) is 15.5. The standard InChI is InChI=1S/C24H29FN4O4/c1-12(2)19(22(26)31)28-24(33)21(30)20-14(4)18(17-7-5-6-10-29(17)20)23(32)27-15-8-9-16(25)13(3)11-15/h8-9,11-12,19H,5-7,10H2,1-4H3,(H2,26,31)(H,27,32)(H,28,33)/t19-/m0/s1. The van der Waals surface area contributed by atoms with Gasteiger partial charge in [-0.05, 0) is 68.4 Å². The highest BCUT2D eigenvalue weighted by Gasteiger charge is 2.34. The maximum absolute atomic E-state index is 13.6. The number of amides is 3. The summed E-state index contributed by atoms with van der Waals surface area (Å²) in [5.41, 5.74) is 7.73. The van der Waals surface area contributed by atoms with Gasteiger partial charge in [0.05, 0.1) is 11.3 Å². The first-order valence-electron chi connectivity index (χ1n) is 11.0. The molecule has 1 aromatic carbocycles. The van der Waals surface area contributed by atoms with Gasteiger partial charge in [0.1, 0.15) is 11.9 Å². The molecule has 3 rings (SSSR count). The Hall–Kier alpha value is -3.49. The molecule has 0 spiro atoms. The number of nitrogens with one attached hydrogen (secondary N) is 2. The predicted octanol–water partition coefficient (Wildman–Crippen LogP) is 2.64. The van der Waals surface area contributed by atoms with Crippen molar-refractivity contribution in [3.63, 3.8) is 0 Å². The molecule has 2 aromatic rings.